The third kappa shape index (κ3) is 1.94. The van der Waals surface area contributed by atoms with Gasteiger partial charge in [0.25, 0.3) is 0 Å². The summed E-state index contributed by atoms with van der Waals surface area (Å²) in [6, 6.07) is 4.17. The minimum atomic E-state index is 0.912. The van der Waals surface area contributed by atoms with Gasteiger partial charge in [0, 0.05) is 12.6 Å². The molecule has 1 heterocycles. The zero-order valence-electron chi connectivity index (χ0n) is 11.5. The van der Waals surface area contributed by atoms with Crippen LogP contribution in [-0.4, -0.2) is 24.4 Å². The second-order valence-electron chi connectivity index (χ2n) is 4.46. The van der Waals surface area contributed by atoms with E-state index in [4.69, 9.17) is 4.74 Å². The Balaban J connectivity index is 2.60. The van der Waals surface area contributed by atoms with Gasteiger partial charge in [-0.2, -0.15) is 5.10 Å². The molecular weight excluding hydrogens is 226 g/mol. The summed E-state index contributed by atoms with van der Waals surface area (Å²) in [5.41, 5.74) is 6.43. The van der Waals surface area contributed by atoms with Crippen molar-refractivity contribution in [2.45, 2.75) is 20.8 Å². The maximum absolute atomic E-state index is 5.33. The van der Waals surface area contributed by atoms with Gasteiger partial charge in [0.1, 0.15) is 11.4 Å². The van der Waals surface area contributed by atoms with Crippen LogP contribution in [0.1, 0.15) is 16.8 Å². The smallest absolute Gasteiger partial charge is 0.122 e. The van der Waals surface area contributed by atoms with Crippen molar-refractivity contribution >= 4 is 5.69 Å². The van der Waals surface area contributed by atoms with Gasteiger partial charge in [0.15, 0.2) is 0 Å². The SMILES string of the molecule is CNc1c(-c2cc(C)c(OC)cc2C)n[nH]c1C. The number of H-pyrrole nitrogens is 1. The summed E-state index contributed by atoms with van der Waals surface area (Å²) in [5, 5.41) is 10.6. The van der Waals surface area contributed by atoms with Crippen LogP contribution in [0.4, 0.5) is 5.69 Å². The first-order valence-corrected chi connectivity index (χ1v) is 5.96. The molecule has 0 unspecified atom stereocenters. The Morgan fingerprint density at radius 3 is 2.50 bits per heavy atom. The van der Waals surface area contributed by atoms with Crippen LogP contribution >= 0.6 is 0 Å². The number of hydrogen-bond acceptors (Lipinski definition) is 3. The number of aromatic nitrogens is 2. The molecule has 1 aromatic carbocycles. The van der Waals surface area contributed by atoms with Gasteiger partial charge < -0.3 is 10.1 Å². The largest absolute Gasteiger partial charge is 0.496 e. The number of nitrogens with one attached hydrogen (secondary N) is 2. The molecular formula is C14H19N3O. The van der Waals surface area contributed by atoms with E-state index < -0.39 is 0 Å². The first kappa shape index (κ1) is 12.5. The lowest BCUT2D eigenvalue weighted by Crippen LogP contribution is -1.95. The van der Waals surface area contributed by atoms with Crippen molar-refractivity contribution in [3.8, 4) is 17.0 Å². The van der Waals surface area contributed by atoms with E-state index >= 15 is 0 Å². The highest BCUT2D eigenvalue weighted by Crippen LogP contribution is 2.34. The van der Waals surface area contributed by atoms with Gasteiger partial charge in [-0.05, 0) is 44.0 Å². The van der Waals surface area contributed by atoms with Crippen LogP contribution < -0.4 is 10.1 Å². The van der Waals surface area contributed by atoms with Crippen molar-refractivity contribution in [2.24, 2.45) is 0 Å². The van der Waals surface area contributed by atoms with E-state index in [1.54, 1.807) is 7.11 Å². The van der Waals surface area contributed by atoms with Crippen LogP contribution in [0.25, 0.3) is 11.3 Å². The fourth-order valence-corrected chi connectivity index (χ4v) is 2.19. The first-order chi connectivity index (χ1) is 8.58. The second-order valence-corrected chi connectivity index (χ2v) is 4.46. The Hall–Kier alpha value is -1.97. The van der Waals surface area contributed by atoms with Crippen LogP contribution in [0.3, 0.4) is 0 Å². The molecule has 2 aromatic rings. The molecule has 96 valence electrons. The molecule has 0 aliphatic rings. The lowest BCUT2D eigenvalue weighted by atomic mass is 10.0. The van der Waals surface area contributed by atoms with E-state index in [1.807, 2.05) is 27.0 Å². The molecule has 0 atom stereocenters. The minimum absolute atomic E-state index is 0.912. The summed E-state index contributed by atoms with van der Waals surface area (Å²) in [5.74, 6) is 0.912. The van der Waals surface area contributed by atoms with Gasteiger partial charge in [-0.15, -0.1) is 0 Å². The Labute approximate surface area is 107 Å². The molecule has 2 rings (SSSR count). The van der Waals surface area contributed by atoms with Crippen molar-refractivity contribution in [3.05, 3.63) is 29.0 Å². The molecule has 0 fully saturated rings. The standard InChI is InChI=1S/C14H19N3O/c1-8-7-12(18-5)9(2)6-11(8)14-13(15-4)10(3)16-17-14/h6-7,15H,1-5H3,(H,16,17). The number of nitrogens with zero attached hydrogens (tertiary/aromatic N) is 1. The van der Waals surface area contributed by atoms with Gasteiger partial charge in [-0.25, -0.2) is 0 Å². The number of aryl methyl sites for hydroxylation is 3. The minimum Gasteiger partial charge on any atom is -0.496 e. The number of rotatable bonds is 3. The van der Waals surface area contributed by atoms with E-state index in [0.717, 1.165) is 39.5 Å². The quantitative estimate of drug-likeness (QED) is 0.873. The topological polar surface area (TPSA) is 49.9 Å². The van der Waals surface area contributed by atoms with Crippen LogP contribution in [0.2, 0.25) is 0 Å². The van der Waals surface area contributed by atoms with Crippen LogP contribution in [-0.2, 0) is 0 Å². The summed E-state index contributed by atoms with van der Waals surface area (Å²) in [6.07, 6.45) is 0. The predicted octanol–water partition coefficient (Wildman–Crippen LogP) is 3.05. The summed E-state index contributed by atoms with van der Waals surface area (Å²) in [6.45, 7) is 6.12. The molecule has 18 heavy (non-hydrogen) atoms. The van der Waals surface area contributed by atoms with Crippen molar-refractivity contribution < 1.29 is 4.74 Å². The van der Waals surface area contributed by atoms with E-state index in [2.05, 4.69) is 28.5 Å². The molecule has 0 spiro atoms. The monoisotopic (exact) mass is 245 g/mol. The molecule has 1 aromatic heterocycles. The van der Waals surface area contributed by atoms with E-state index in [1.165, 1.54) is 0 Å². The normalized spacial score (nSPS) is 10.5. The molecule has 0 saturated carbocycles. The Morgan fingerprint density at radius 1 is 1.17 bits per heavy atom. The Bertz CT molecular complexity index is 573. The maximum atomic E-state index is 5.33. The molecule has 2 N–H and O–H groups in total. The van der Waals surface area contributed by atoms with Crippen molar-refractivity contribution in [2.75, 3.05) is 19.5 Å². The molecule has 0 radical (unpaired) electrons. The number of benzene rings is 1. The van der Waals surface area contributed by atoms with Gasteiger partial charge in [-0.1, -0.05) is 0 Å². The third-order valence-electron chi connectivity index (χ3n) is 3.19. The van der Waals surface area contributed by atoms with Crippen LogP contribution in [0.15, 0.2) is 12.1 Å². The highest BCUT2D eigenvalue weighted by Gasteiger charge is 2.14. The number of hydrogen-bond donors (Lipinski definition) is 2. The van der Waals surface area contributed by atoms with Crippen LogP contribution in [0, 0.1) is 20.8 Å². The molecule has 0 amide bonds. The molecule has 4 heteroatoms. The lowest BCUT2D eigenvalue weighted by Gasteiger charge is -2.11. The van der Waals surface area contributed by atoms with Crippen molar-refractivity contribution in [1.82, 2.24) is 10.2 Å². The molecule has 0 aliphatic carbocycles. The zero-order valence-corrected chi connectivity index (χ0v) is 11.5. The number of ether oxygens (including phenoxy) is 1. The first-order valence-electron chi connectivity index (χ1n) is 5.96. The maximum Gasteiger partial charge on any atom is 0.122 e. The number of aromatic amines is 1. The van der Waals surface area contributed by atoms with Crippen molar-refractivity contribution in [3.63, 3.8) is 0 Å². The average molecular weight is 245 g/mol. The fourth-order valence-electron chi connectivity index (χ4n) is 2.19. The Morgan fingerprint density at radius 2 is 1.89 bits per heavy atom. The highest BCUT2D eigenvalue weighted by atomic mass is 16.5. The van der Waals surface area contributed by atoms with Crippen molar-refractivity contribution in [1.29, 1.82) is 0 Å². The summed E-state index contributed by atoms with van der Waals surface area (Å²) >= 11 is 0. The summed E-state index contributed by atoms with van der Waals surface area (Å²) in [4.78, 5) is 0. The number of anilines is 1. The van der Waals surface area contributed by atoms with E-state index in [9.17, 15) is 0 Å². The average Bonchev–Trinajstić information content (AvgIpc) is 2.72. The summed E-state index contributed by atoms with van der Waals surface area (Å²) < 4.78 is 5.33. The van der Waals surface area contributed by atoms with E-state index in [0.29, 0.717) is 0 Å². The molecule has 0 bridgehead atoms. The van der Waals surface area contributed by atoms with Gasteiger partial charge >= 0.3 is 0 Å². The van der Waals surface area contributed by atoms with Gasteiger partial charge in [0.2, 0.25) is 0 Å². The summed E-state index contributed by atoms with van der Waals surface area (Å²) in [7, 11) is 3.60. The van der Waals surface area contributed by atoms with Crippen LogP contribution in [0.5, 0.6) is 5.75 Å². The third-order valence-corrected chi connectivity index (χ3v) is 3.19. The zero-order chi connectivity index (χ0) is 13.3. The fraction of sp³-hybridized carbons (Fsp3) is 0.357. The molecule has 0 saturated heterocycles. The lowest BCUT2D eigenvalue weighted by molar-refractivity contribution is 0.411. The molecule has 4 nitrogen and oxygen atoms in total. The Kier molecular flexibility index (Phi) is 3.28. The van der Waals surface area contributed by atoms with Gasteiger partial charge in [0.05, 0.1) is 18.5 Å². The highest BCUT2D eigenvalue weighted by molar-refractivity contribution is 5.78. The second kappa shape index (κ2) is 4.72. The number of methoxy groups -OCH3 is 1. The van der Waals surface area contributed by atoms with Gasteiger partial charge in [-0.3, -0.25) is 5.10 Å². The van der Waals surface area contributed by atoms with E-state index in [-0.39, 0.29) is 0 Å². The predicted molar refractivity (Wildman–Crippen MR) is 74.3 cm³/mol. The molecule has 0 aliphatic heterocycles.